The molecule has 1 heterocycles. The van der Waals surface area contributed by atoms with Gasteiger partial charge in [-0.2, -0.15) is 0 Å². The molecule has 1 aliphatic rings. The van der Waals surface area contributed by atoms with Crippen molar-refractivity contribution in [2.75, 3.05) is 0 Å². The van der Waals surface area contributed by atoms with Gasteiger partial charge in [-0.3, -0.25) is 14.9 Å². The molecule has 1 amide bonds. The molecule has 1 unspecified atom stereocenters. The Balaban J connectivity index is 2.11. The third-order valence-electron chi connectivity index (χ3n) is 3.31. The summed E-state index contributed by atoms with van der Waals surface area (Å²) >= 11 is 0. The lowest BCUT2D eigenvalue weighted by Gasteiger charge is -2.19. The van der Waals surface area contributed by atoms with E-state index in [1.54, 1.807) is 30.5 Å². The molecule has 20 heavy (non-hydrogen) atoms. The summed E-state index contributed by atoms with van der Waals surface area (Å²) in [4.78, 5) is 26.0. The second kappa shape index (κ2) is 4.70. The number of benzene rings is 2. The SMILES string of the molecule is O=C1N=CC(c2cccc([N+](=O)[O-])c2)c2ccccc21. The van der Waals surface area contributed by atoms with E-state index < -0.39 is 4.92 Å². The van der Waals surface area contributed by atoms with Crippen molar-refractivity contribution in [2.45, 2.75) is 5.92 Å². The topological polar surface area (TPSA) is 72.6 Å². The van der Waals surface area contributed by atoms with Crippen molar-refractivity contribution >= 4 is 17.8 Å². The number of hydrogen-bond acceptors (Lipinski definition) is 3. The van der Waals surface area contributed by atoms with E-state index in [0.29, 0.717) is 5.56 Å². The average Bonchev–Trinajstić information content (AvgIpc) is 2.48. The first-order chi connectivity index (χ1) is 9.66. The molecule has 0 radical (unpaired) electrons. The molecule has 98 valence electrons. The highest BCUT2D eigenvalue weighted by Crippen LogP contribution is 2.31. The number of nitro benzene ring substituents is 1. The van der Waals surface area contributed by atoms with Crippen LogP contribution in [0.5, 0.6) is 0 Å². The largest absolute Gasteiger partial charge is 0.276 e. The van der Waals surface area contributed by atoms with Gasteiger partial charge in [-0.25, -0.2) is 4.99 Å². The van der Waals surface area contributed by atoms with E-state index in [1.807, 2.05) is 12.1 Å². The Morgan fingerprint density at radius 3 is 2.70 bits per heavy atom. The van der Waals surface area contributed by atoms with Gasteiger partial charge >= 0.3 is 0 Å². The molecule has 0 N–H and O–H groups in total. The molecule has 1 aliphatic heterocycles. The first-order valence-corrected chi connectivity index (χ1v) is 6.08. The van der Waals surface area contributed by atoms with Crippen molar-refractivity contribution in [1.29, 1.82) is 0 Å². The van der Waals surface area contributed by atoms with Gasteiger partial charge in [-0.1, -0.05) is 30.3 Å². The lowest BCUT2D eigenvalue weighted by atomic mass is 9.87. The van der Waals surface area contributed by atoms with Gasteiger partial charge in [-0.05, 0) is 17.2 Å². The number of carbonyl (C=O) groups excluding carboxylic acids is 1. The summed E-state index contributed by atoms with van der Waals surface area (Å²) in [6.45, 7) is 0. The van der Waals surface area contributed by atoms with Crippen LogP contribution in [0, 0.1) is 10.1 Å². The second-order valence-electron chi connectivity index (χ2n) is 4.50. The summed E-state index contributed by atoms with van der Waals surface area (Å²) in [5.74, 6) is -0.508. The Morgan fingerprint density at radius 1 is 1.10 bits per heavy atom. The van der Waals surface area contributed by atoms with Gasteiger partial charge in [0.25, 0.3) is 11.6 Å². The number of aliphatic imine (C=N–C) groups is 1. The first kappa shape index (κ1) is 12.2. The molecule has 2 aromatic carbocycles. The van der Waals surface area contributed by atoms with Crippen molar-refractivity contribution in [3.8, 4) is 0 Å². The van der Waals surface area contributed by atoms with Gasteiger partial charge < -0.3 is 0 Å². The van der Waals surface area contributed by atoms with Crippen molar-refractivity contribution in [3.05, 3.63) is 75.3 Å². The van der Waals surface area contributed by atoms with Gasteiger partial charge in [0.15, 0.2) is 0 Å². The van der Waals surface area contributed by atoms with Crippen LogP contribution in [0.4, 0.5) is 5.69 Å². The number of rotatable bonds is 2. The Morgan fingerprint density at radius 2 is 1.90 bits per heavy atom. The quantitative estimate of drug-likeness (QED) is 0.619. The van der Waals surface area contributed by atoms with Crippen LogP contribution in [0.2, 0.25) is 0 Å². The monoisotopic (exact) mass is 266 g/mol. The van der Waals surface area contributed by atoms with E-state index in [4.69, 9.17) is 0 Å². The van der Waals surface area contributed by atoms with E-state index in [9.17, 15) is 14.9 Å². The zero-order valence-electron chi connectivity index (χ0n) is 10.4. The number of non-ortho nitro benzene ring substituents is 1. The molecule has 0 aromatic heterocycles. The van der Waals surface area contributed by atoms with Crippen LogP contribution in [-0.2, 0) is 0 Å². The first-order valence-electron chi connectivity index (χ1n) is 6.08. The minimum atomic E-state index is -0.430. The van der Waals surface area contributed by atoms with Crippen LogP contribution < -0.4 is 0 Å². The average molecular weight is 266 g/mol. The predicted octanol–water partition coefficient (Wildman–Crippen LogP) is 2.95. The smallest absolute Gasteiger partial charge is 0.267 e. The van der Waals surface area contributed by atoms with Crippen LogP contribution in [0.3, 0.4) is 0 Å². The summed E-state index contributed by atoms with van der Waals surface area (Å²) in [6, 6.07) is 13.6. The van der Waals surface area contributed by atoms with E-state index >= 15 is 0 Å². The van der Waals surface area contributed by atoms with Gasteiger partial charge in [0.1, 0.15) is 0 Å². The van der Waals surface area contributed by atoms with Crippen LogP contribution in [0.25, 0.3) is 0 Å². The van der Waals surface area contributed by atoms with Gasteiger partial charge in [0.05, 0.1) is 4.92 Å². The Hall–Kier alpha value is -2.82. The molecular formula is C15H10N2O3. The number of hydrogen-bond donors (Lipinski definition) is 0. The maximum atomic E-state index is 11.7. The molecule has 0 aliphatic carbocycles. The molecule has 0 bridgehead atoms. The fraction of sp³-hybridized carbons (Fsp3) is 0.0667. The maximum absolute atomic E-state index is 11.7. The van der Waals surface area contributed by atoms with Gasteiger partial charge in [-0.15, -0.1) is 0 Å². The fourth-order valence-electron chi connectivity index (χ4n) is 2.35. The number of nitrogens with zero attached hydrogens (tertiary/aromatic N) is 2. The molecule has 1 atom stereocenters. The number of carbonyl (C=O) groups is 1. The number of fused-ring (bicyclic) bond motifs is 1. The van der Waals surface area contributed by atoms with Gasteiger partial charge in [0.2, 0.25) is 0 Å². The summed E-state index contributed by atoms with van der Waals surface area (Å²) in [7, 11) is 0. The molecular weight excluding hydrogens is 256 g/mol. The van der Waals surface area contributed by atoms with E-state index in [0.717, 1.165) is 11.1 Å². The van der Waals surface area contributed by atoms with Crippen molar-refractivity contribution in [3.63, 3.8) is 0 Å². The molecule has 5 heteroatoms. The van der Waals surface area contributed by atoms with Crippen LogP contribution >= 0.6 is 0 Å². The molecule has 5 nitrogen and oxygen atoms in total. The lowest BCUT2D eigenvalue weighted by Crippen LogP contribution is -2.15. The minimum absolute atomic E-state index is 0.0327. The Kier molecular flexibility index (Phi) is 2.87. The summed E-state index contributed by atoms with van der Waals surface area (Å²) in [6.07, 6.45) is 1.55. The molecule has 0 saturated heterocycles. The maximum Gasteiger partial charge on any atom is 0.276 e. The van der Waals surface area contributed by atoms with Crippen LogP contribution in [0.15, 0.2) is 53.5 Å². The zero-order chi connectivity index (χ0) is 14.1. The van der Waals surface area contributed by atoms with E-state index in [-0.39, 0.29) is 17.5 Å². The predicted molar refractivity (Wildman–Crippen MR) is 74.2 cm³/mol. The van der Waals surface area contributed by atoms with Crippen molar-refractivity contribution < 1.29 is 9.72 Å². The van der Waals surface area contributed by atoms with Crippen molar-refractivity contribution in [2.24, 2.45) is 4.99 Å². The van der Waals surface area contributed by atoms with E-state index in [2.05, 4.69) is 4.99 Å². The van der Waals surface area contributed by atoms with Crippen LogP contribution in [0.1, 0.15) is 27.4 Å². The normalized spacial score (nSPS) is 16.8. The third kappa shape index (κ3) is 1.99. The summed E-state index contributed by atoms with van der Waals surface area (Å²) < 4.78 is 0. The number of amides is 1. The minimum Gasteiger partial charge on any atom is -0.267 e. The second-order valence-corrected chi connectivity index (χ2v) is 4.50. The molecule has 0 saturated carbocycles. The Bertz CT molecular complexity index is 737. The van der Waals surface area contributed by atoms with Gasteiger partial charge in [0, 0.05) is 29.8 Å². The van der Waals surface area contributed by atoms with Crippen LogP contribution in [-0.4, -0.2) is 17.0 Å². The molecule has 0 fully saturated rings. The lowest BCUT2D eigenvalue weighted by molar-refractivity contribution is -0.384. The fourth-order valence-corrected chi connectivity index (χ4v) is 2.35. The van der Waals surface area contributed by atoms with Crippen molar-refractivity contribution in [1.82, 2.24) is 0 Å². The molecule has 0 spiro atoms. The zero-order valence-corrected chi connectivity index (χ0v) is 10.4. The Labute approximate surface area is 114 Å². The standard InChI is InChI=1S/C15H10N2O3/c18-15-13-7-2-1-6-12(13)14(9-16-15)10-4-3-5-11(8-10)17(19)20/h1-9,14H. The highest BCUT2D eigenvalue weighted by atomic mass is 16.6. The molecule has 3 rings (SSSR count). The molecule has 2 aromatic rings. The summed E-state index contributed by atoms with van der Waals surface area (Å²) in [5, 5.41) is 10.9. The highest BCUT2D eigenvalue weighted by molar-refractivity contribution is 6.05. The third-order valence-corrected chi connectivity index (χ3v) is 3.31. The highest BCUT2D eigenvalue weighted by Gasteiger charge is 2.24. The summed E-state index contributed by atoms with van der Waals surface area (Å²) in [5.41, 5.74) is 2.16. The van der Waals surface area contributed by atoms with E-state index in [1.165, 1.54) is 12.1 Å². The number of nitro groups is 1.